The Bertz CT molecular complexity index is 958. The van der Waals surface area contributed by atoms with Crippen molar-refractivity contribution in [2.45, 2.75) is 42.6 Å². The average Bonchev–Trinajstić information content (AvgIpc) is 3.03. The van der Waals surface area contributed by atoms with Gasteiger partial charge < -0.3 is 10.3 Å². The summed E-state index contributed by atoms with van der Waals surface area (Å²) in [5.74, 6) is 0.0336. The number of pyridine rings is 1. The molecule has 1 aliphatic rings. The first kappa shape index (κ1) is 17.5. The van der Waals surface area contributed by atoms with Crippen molar-refractivity contribution in [3.8, 4) is 0 Å². The molecule has 0 bridgehead atoms. The molecule has 4 rings (SSSR count). The number of nitrogens with zero attached hydrogens (tertiary/aromatic N) is 2. The Morgan fingerprint density at radius 2 is 2.27 bits per heavy atom. The van der Waals surface area contributed by atoms with Crippen molar-refractivity contribution in [3.05, 3.63) is 52.1 Å². The number of amides is 1. The van der Waals surface area contributed by atoms with Crippen LogP contribution in [-0.4, -0.2) is 26.1 Å². The molecule has 0 radical (unpaired) electrons. The molecule has 1 aliphatic carbocycles. The molecular formula is C19H19BrN4OS. The number of fused-ring (bicyclic) bond motifs is 2. The van der Waals surface area contributed by atoms with E-state index in [4.69, 9.17) is 0 Å². The van der Waals surface area contributed by atoms with Crippen molar-refractivity contribution < 1.29 is 4.79 Å². The summed E-state index contributed by atoms with van der Waals surface area (Å²) in [5, 5.41) is 3.68. The topological polar surface area (TPSA) is 70.7 Å². The second-order valence-corrected chi connectivity index (χ2v) is 8.72. The summed E-state index contributed by atoms with van der Waals surface area (Å²) < 4.78 is 0.895. The predicted molar refractivity (Wildman–Crippen MR) is 107 cm³/mol. The number of carbonyl (C=O) groups excluding carboxylic acids is 1. The molecule has 3 aromatic rings. The number of aromatic nitrogens is 3. The lowest BCUT2D eigenvalue weighted by Crippen LogP contribution is -2.35. The highest BCUT2D eigenvalue weighted by Gasteiger charge is 2.24. The van der Waals surface area contributed by atoms with Crippen molar-refractivity contribution in [2.75, 3.05) is 0 Å². The maximum Gasteiger partial charge on any atom is 0.233 e. The van der Waals surface area contributed by atoms with Gasteiger partial charge >= 0.3 is 0 Å². The summed E-state index contributed by atoms with van der Waals surface area (Å²) in [6.45, 7) is 1.91. The summed E-state index contributed by atoms with van der Waals surface area (Å²) in [5.41, 5.74) is 4.11. The molecule has 0 spiro atoms. The third kappa shape index (κ3) is 3.64. The van der Waals surface area contributed by atoms with Crippen LogP contribution in [0.5, 0.6) is 0 Å². The van der Waals surface area contributed by atoms with Crippen LogP contribution in [0, 0.1) is 0 Å². The molecule has 7 heteroatoms. The van der Waals surface area contributed by atoms with Crippen LogP contribution in [0.25, 0.3) is 11.2 Å². The molecule has 134 valence electrons. The maximum absolute atomic E-state index is 12.7. The predicted octanol–water partition coefficient (Wildman–Crippen LogP) is 4.39. The van der Waals surface area contributed by atoms with Gasteiger partial charge in [-0.3, -0.25) is 4.79 Å². The first-order valence-electron chi connectivity index (χ1n) is 8.66. The molecule has 2 heterocycles. The van der Waals surface area contributed by atoms with Gasteiger partial charge in [-0.1, -0.05) is 36.0 Å². The zero-order valence-electron chi connectivity index (χ0n) is 14.3. The maximum atomic E-state index is 12.7. The van der Waals surface area contributed by atoms with E-state index in [2.05, 4.69) is 54.4 Å². The van der Waals surface area contributed by atoms with Crippen LogP contribution in [0.3, 0.4) is 0 Å². The number of benzene rings is 1. The lowest BCUT2D eigenvalue weighted by molar-refractivity contribution is -0.121. The Kier molecular flexibility index (Phi) is 5.00. The number of halogens is 1. The second-order valence-electron chi connectivity index (χ2n) is 6.48. The Labute approximate surface area is 164 Å². The molecule has 0 aliphatic heterocycles. The van der Waals surface area contributed by atoms with Crippen LogP contribution in [0.2, 0.25) is 0 Å². The van der Waals surface area contributed by atoms with E-state index >= 15 is 0 Å². The SMILES string of the molecule is C[C@@H](Sc1nc2ncc(Br)cc2[nH]1)C(=O)N[C@@H]1CCCc2ccccc21. The van der Waals surface area contributed by atoms with Gasteiger partial charge in [0.1, 0.15) is 0 Å². The van der Waals surface area contributed by atoms with Gasteiger partial charge in [0.25, 0.3) is 0 Å². The average molecular weight is 431 g/mol. The Morgan fingerprint density at radius 1 is 1.42 bits per heavy atom. The fourth-order valence-electron chi connectivity index (χ4n) is 3.32. The van der Waals surface area contributed by atoms with E-state index < -0.39 is 0 Å². The highest BCUT2D eigenvalue weighted by atomic mass is 79.9. The summed E-state index contributed by atoms with van der Waals surface area (Å²) in [6, 6.07) is 10.4. The summed E-state index contributed by atoms with van der Waals surface area (Å²) in [6.07, 6.45) is 4.90. The number of aromatic amines is 1. The van der Waals surface area contributed by atoms with Gasteiger partial charge in [-0.15, -0.1) is 0 Å². The number of nitrogens with one attached hydrogen (secondary N) is 2. The van der Waals surface area contributed by atoms with E-state index in [1.165, 1.54) is 22.9 Å². The number of hydrogen-bond acceptors (Lipinski definition) is 4. The molecule has 2 atom stereocenters. The largest absolute Gasteiger partial charge is 0.348 e. The number of carbonyl (C=O) groups is 1. The fraction of sp³-hybridized carbons (Fsp3) is 0.316. The highest BCUT2D eigenvalue weighted by Crippen LogP contribution is 2.30. The summed E-state index contributed by atoms with van der Waals surface area (Å²) in [7, 11) is 0. The van der Waals surface area contributed by atoms with Crippen LogP contribution in [-0.2, 0) is 11.2 Å². The van der Waals surface area contributed by atoms with E-state index in [1.54, 1.807) is 6.20 Å². The minimum Gasteiger partial charge on any atom is -0.348 e. The lowest BCUT2D eigenvalue weighted by Gasteiger charge is -2.27. The highest BCUT2D eigenvalue weighted by molar-refractivity contribution is 9.10. The Morgan fingerprint density at radius 3 is 3.15 bits per heavy atom. The normalized spacial score (nSPS) is 17.7. The van der Waals surface area contributed by atoms with Crippen molar-refractivity contribution in [1.29, 1.82) is 0 Å². The minimum absolute atomic E-state index is 0.0336. The van der Waals surface area contributed by atoms with Crippen LogP contribution in [0.15, 0.2) is 46.2 Å². The van der Waals surface area contributed by atoms with Gasteiger partial charge in [0.05, 0.1) is 16.8 Å². The van der Waals surface area contributed by atoms with Crippen molar-refractivity contribution >= 4 is 44.8 Å². The molecular weight excluding hydrogens is 412 g/mol. The molecule has 0 saturated carbocycles. The zero-order valence-corrected chi connectivity index (χ0v) is 16.7. The molecule has 1 amide bonds. The van der Waals surface area contributed by atoms with Crippen LogP contribution >= 0.6 is 27.7 Å². The molecule has 5 nitrogen and oxygen atoms in total. The molecule has 0 fully saturated rings. The Balaban J connectivity index is 1.45. The first-order valence-corrected chi connectivity index (χ1v) is 10.3. The van der Waals surface area contributed by atoms with E-state index in [-0.39, 0.29) is 17.2 Å². The number of aryl methyl sites for hydroxylation is 1. The van der Waals surface area contributed by atoms with Gasteiger partial charge in [-0.25, -0.2) is 9.97 Å². The van der Waals surface area contributed by atoms with E-state index in [1.807, 2.05) is 19.1 Å². The van der Waals surface area contributed by atoms with E-state index in [0.717, 1.165) is 29.3 Å². The molecule has 0 saturated heterocycles. The number of H-pyrrole nitrogens is 1. The molecule has 26 heavy (non-hydrogen) atoms. The van der Waals surface area contributed by atoms with Crippen molar-refractivity contribution in [2.24, 2.45) is 0 Å². The quantitative estimate of drug-likeness (QED) is 0.601. The molecule has 2 N–H and O–H groups in total. The standard InChI is InChI=1S/C19H19BrN4OS/c1-11(26-19-23-16-9-13(20)10-21-17(16)24-19)18(25)22-15-8-4-6-12-5-2-3-7-14(12)15/h2-3,5,7,9-11,15H,4,6,8H2,1H3,(H,22,25)(H,21,23,24)/t11-,15-/m1/s1. The third-order valence-electron chi connectivity index (χ3n) is 4.63. The minimum atomic E-state index is -0.243. The fourth-order valence-corrected chi connectivity index (χ4v) is 4.47. The van der Waals surface area contributed by atoms with Crippen LogP contribution in [0.1, 0.15) is 36.9 Å². The van der Waals surface area contributed by atoms with Gasteiger partial charge in [0, 0.05) is 10.7 Å². The first-order chi connectivity index (χ1) is 12.6. The van der Waals surface area contributed by atoms with E-state index in [0.29, 0.717) is 10.8 Å². The van der Waals surface area contributed by atoms with Gasteiger partial charge in [0.2, 0.25) is 5.91 Å². The van der Waals surface area contributed by atoms with Gasteiger partial charge in [0.15, 0.2) is 10.8 Å². The summed E-state index contributed by atoms with van der Waals surface area (Å²) in [4.78, 5) is 24.6. The smallest absolute Gasteiger partial charge is 0.233 e. The Hall–Kier alpha value is -1.86. The van der Waals surface area contributed by atoms with Crippen LogP contribution in [0.4, 0.5) is 0 Å². The van der Waals surface area contributed by atoms with E-state index in [9.17, 15) is 4.79 Å². The number of rotatable bonds is 4. The zero-order chi connectivity index (χ0) is 18.1. The monoisotopic (exact) mass is 430 g/mol. The second kappa shape index (κ2) is 7.40. The van der Waals surface area contributed by atoms with Crippen molar-refractivity contribution in [1.82, 2.24) is 20.3 Å². The number of imidazole rings is 1. The van der Waals surface area contributed by atoms with Gasteiger partial charge in [-0.05, 0) is 59.3 Å². The van der Waals surface area contributed by atoms with Crippen molar-refractivity contribution in [3.63, 3.8) is 0 Å². The number of thioether (sulfide) groups is 1. The van der Waals surface area contributed by atoms with Gasteiger partial charge in [-0.2, -0.15) is 0 Å². The molecule has 2 aromatic heterocycles. The lowest BCUT2D eigenvalue weighted by atomic mass is 9.88. The third-order valence-corrected chi connectivity index (χ3v) is 6.04. The molecule has 1 aromatic carbocycles. The number of hydrogen-bond donors (Lipinski definition) is 2. The summed E-state index contributed by atoms with van der Waals surface area (Å²) >= 11 is 4.82. The van der Waals surface area contributed by atoms with Crippen LogP contribution < -0.4 is 5.32 Å². The molecule has 0 unspecified atom stereocenters.